The highest BCUT2D eigenvalue weighted by Gasteiger charge is 2.12. The molecule has 0 heterocycles. The lowest BCUT2D eigenvalue weighted by Gasteiger charge is -2.07. The summed E-state index contributed by atoms with van der Waals surface area (Å²) in [6.45, 7) is 1.56. The molecule has 0 aliphatic carbocycles. The van der Waals surface area contributed by atoms with Gasteiger partial charge in [0.2, 0.25) is 5.91 Å². The maximum absolute atomic E-state index is 13.2. The van der Waals surface area contributed by atoms with Crippen molar-refractivity contribution in [3.8, 4) is 0 Å². The van der Waals surface area contributed by atoms with Gasteiger partial charge in [0.05, 0.1) is 10.9 Å². The molecule has 0 fully saturated rings. The van der Waals surface area contributed by atoms with Crippen LogP contribution in [0.4, 0.5) is 10.1 Å². The Balaban J connectivity index is 2.35. The van der Waals surface area contributed by atoms with Crippen LogP contribution in [0, 0.1) is 5.82 Å². The van der Waals surface area contributed by atoms with Crippen LogP contribution in [0.3, 0.4) is 0 Å². The van der Waals surface area contributed by atoms with Crippen molar-refractivity contribution in [2.24, 2.45) is 0 Å². The largest absolute Gasteiger partial charge is 0.480 e. The minimum Gasteiger partial charge on any atom is -0.480 e. The highest BCUT2D eigenvalue weighted by molar-refractivity contribution is 8.00. The number of hydrogen-bond donors (Lipinski definition) is 2. The molecule has 0 aromatic heterocycles. The number of aliphatic carboxylic acids is 1. The number of rotatable bonds is 6. The molecule has 0 radical (unpaired) electrons. The summed E-state index contributed by atoms with van der Waals surface area (Å²) in [4.78, 5) is 22.0. The van der Waals surface area contributed by atoms with Gasteiger partial charge in [-0.15, -0.1) is 11.8 Å². The highest BCUT2D eigenvalue weighted by Crippen LogP contribution is 2.15. The second kappa shape index (κ2) is 7.00. The van der Waals surface area contributed by atoms with Crippen LogP contribution in [0.15, 0.2) is 24.3 Å². The molecule has 4 nitrogen and oxygen atoms in total. The highest BCUT2D eigenvalue weighted by atomic mass is 32.2. The van der Waals surface area contributed by atoms with E-state index in [4.69, 9.17) is 5.11 Å². The lowest BCUT2D eigenvalue weighted by Crippen LogP contribution is -2.16. The molecule has 0 saturated carbocycles. The number of halogens is 1. The molecule has 98 valence electrons. The quantitative estimate of drug-likeness (QED) is 0.833. The number of para-hydroxylation sites is 1. The number of carboxylic acid groups (broad SMARTS) is 1. The van der Waals surface area contributed by atoms with Crippen LogP contribution < -0.4 is 5.32 Å². The average Bonchev–Trinajstić information content (AvgIpc) is 2.32. The summed E-state index contributed by atoms with van der Waals surface area (Å²) in [7, 11) is 0. The van der Waals surface area contributed by atoms with Gasteiger partial charge in [0, 0.05) is 12.2 Å². The monoisotopic (exact) mass is 271 g/mol. The first-order valence-corrected chi connectivity index (χ1v) is 6.44. The second-order valence-electron chi connectivity index (χ2n) is 3.63. The maximum Gasteiger partial charge on any atom is 0.316 e. The van der Waals surface area contributed by atoms with Crippen molar-refractivity contribution in [3.63, 3.8) is 0 Å². The van der Waals surface area contributed by atoms with Gasteiger partial charge in [-0.25, -0.2) is 4.39 Å². The van der Waals surface area contributed by atoms with Gasteiger partial charge in [0.15, 0.2) is 0 Å². The van der Waals surface area contributed by atoms with Gasteiger partial charge >= 0.3 is 5.97 Å². The van der Waals surface area contributed by atoms with Crippen LogP contribution in [0.1, 0.15) is 13.3 Å². The molecule has 18 heavy (non-hydrogen) atoms. The first-order chi connectivity index (χ1) is 8.50. The van der Waals surface area contributed by atoms with E-state index in [1.165, 1.54) is 30.0 Å². The Bertz CT molecular complexity index is 439. The minimum atomic E-state index is -0.908. The third-order valence-electron chi connectivity index (χ3n) is 2.19. The van der Waals surface area contributed by atoms with Gasteiger partial charge in [0.25, 0.3) is 0 Å². The van der Waals surface area contributed by atoms with Crippen molar-refractivity contribution in [1.82, 2.24) is 0 Å². The Morgan fingerprint density at radius 2 is 2.11 bits per heavy atom. The van der Waals surface area contributed by atoms with Crippen LogP contribution in [0.2, 0.25) is 0 Å². The minimum absolute atomic E-state index is 0.138. The molecular formula is C12H14FNO3S. The van der Waals surface area contributed by atoms with Gasteiger partial charge in [-0.05, 0) is 19.1 Å². The molecule has 6 heteroatoms. The molecule has 2 N–H and O–H groups in total. The molecule has 0 saturated heterocycles. The summed E-state index contributed by atoms with van der Waals surface area (Å²) in [6.07, 6.45) is 0.149. The zero-order valence-corrected chi connectivity index (χ0v) is 10.7. The summed E-state index contributed by atoms with van der Waals surface area (Å²) >= 11 is 1.17. The third kappa shape index (κ3) is 4.75. The summed E-state index contributed by atoms with van der Waals surface area (Å²) in [5, 5.41) is 10.5. The van der Waals surface area contributed by atoms with E-state index in [0.717, 1.165) is 0 Å². The number of thioether (sulfide) groups is 1. The third-order valence-corrected chi connectivity index (χ3v) is 3.33. The van der Waals surface area contributed by atoms with E-state index in [9.17, 15) is 14.0 Å². The smallest absolute Gasteiger partial charge is 0.316 e. The Morgan fingerprint density at radius 3 is 2.72 bits per heavy atom. The van der Waals surface area contributed by atoms with E-state index in [-0.39, 0.29) is 18.0 Å². The standard InChI is InChI=1S/C12H14FNO3S/c1-8(12(16)17)18-7-6-11(15)14-10-5-3-2-4-9(10)13/h2-5,8H,6-7H2,1H3,(H,14,15)(H,16,17). The van der Waals surface area contributed by atoms with Gasteiger partial charge in [-0.1, -0.05) is 12.1 Å². The molecular weight excluding hydrogens is 257 g/mol. The molecule has 0 aliphatic heterocycles. The van der Waals surface area contributed by atoms with Crippen molar-refractivity contribution in [2.45, 2.75) is 18.6 Å². The molecule has 0 aliphatic rings. The van der Waals surface area contributed by atoms with Crippen LogP contribution >= 0.6 is 11.8 Å². The average molecular weight is 271 g/mol. The van der Waals surface area contributed by atoms with Crippen LogP contribution in [-0.4, -0.2) is 28.0 Å². The number of carboxylic acids is 1. The number of benzene rings is 1. The van der Waals surface area contributed by atoms with E-state index in [1.54, 1.807) is 13.0 Å². The zero-order valence-electron chi connectivity index (χ0n) is 9.85. The van der Waals surface area contributed by atoms with Crippen molar-refractivity contribution in [3.05, 3.63) is 30.1 Å². The SMILES string of the molecule is CC(SCCC(=O)Nc1ccccc1F)C(=O)O. The fourth-order valence-corrected chi connectivity index (χ4v) is 1.97. The predicted octanol–water partition coefficient (Wildman–Crippen LogP) is 2.36. The van der Waals surface area contributed by atoms with Gasteiger partial charge in [-0.2, -0.15) is 0 Å². The van der Waals surface area contributed by atoms with Crippen molar-refractivity contribution in [1.29, 1.82) is 0 Å². The Morgan fingerprint density at radius 1 is 1.44 bits per heavy atom. The molecule has 1 rings (SSSR count). The van der Waals surface area contributed by atoms with E-state index >= 15 is 0 Å². The Hall–Kier alpha value is -1.56. The molecule has 1 aromatic rings. The second-order valence-corrected chi connectivity index (χ2v) is 5.08. The predicted molar refractivity (Wildman–Crippen MR) is 69.2 cm³/mol. The van der Waals surface area contributed by atoms with Crippen LogP contribution in [0.25, 0.3) is 0 Å². The topological polar surface area (TPSA) is 66.4 Å². The normalized spacial score (nSPS) is 11.9. The molecule has 1 atom stereocenters. The lowest BCUT2D eigenvalue weighted by molar-refractivity contribution is -0.136. The summed E-state index contributed by atoms with van der Waals surface area (Å²) in [6, 6.07) is 5.90. The molecule has 0 spiro atoms. The molecule has 1 aromatic carbocycles. The van der Waals surface area contributed by atoms with Crippen molar-refractivity contribution in [2.75, 3.05) is 11.1 Å². The van der Waals surface area contributed by atoms with Crippen molar-refractivity contribution >= 4 is 29.3 Å². The Labute approximate surface area is 109 Å². The number of carbonyl (C=O) groups excluding carboxylic acids is 1. The van der Waals surface area contributed by atoms with Crippen LogP contribution in [-0.2, 0) is 9.59 Å². The number of anilines is 1. The first-order valence-electron chi connectivity index (χ1n) is 5.39. The van der Waals surface area contributed by atoms with E-state index in [2.05, 4.69) is 5.32 Å². The maximum atomic E-state index is 13.2. The van der Waals surface area contributed by atoms with E-state index in [0.29, 0.717) is 5.75 Å². The van der Waals surface area contributed by atoms with Gasteiger partial charge in [0.1, 0.15) is 5.82 Å². The molecule has 0 bridgehead atoms. The number of hydrogen-bond acceptors (Lipinski definition) is 3. The summed E-state index contributed by atoms with van der Waals surface area (Å²) < 4.78 is 13.2. The molecule has 1 amide bonds. The van der Waals surface area contributed by atoms with Gasteiger partial charge in [-0.3, -0.25) is 9.59 Å². The van der Waals surface area contributed by atoms with Gasteiger partial charge < -0.3 is 10.4 Å². The van der Waals surface area contributed by atoms with Crippen molar-refractivity contribution < 1.29 is 19.1 Å². The fraction of sp³-hybridized carbons (Fsp3) is 0.333. The molecule has 1 unspecified atom stereocenters. The first kappa shape index (κ1) is 14.5. The number of carbonyl (C=O) groups is 2. The zero-order chi connectivity index (χ0) is 13.5. The number of amides is 1. The lowest BCUT2D eigenvalue weighted by atomic mass is 10.3. The summed E-state index contributed by atoms with van der Waals surface area (Å²) in [5.41, 5.74) is 0.138. The number of nitrogens with one attached hydrogen (secondary N) is 1. The Kier molecular flexibility index (Phi) is 5.64. The summed E-state index contributed by atoms with van der Waals surface area (Å²) in [5.74, 6) is -1.34. The van der Waals surface area contributed by atoms with E-state index < -0.39 is 17.0 Å². The van der Waals surface area contributed by atoms with E-state index in [1.807, 2.05) is 0 Å². The fourth-order valence-electron chi connectivity index (χ4n) is 1.17. The van der Waals surface area contributed by atoms with Crippen LogP contribution in [0.5, 0.6) is 0 Å².